The van der Waals surface area contributed by atoms with Crippen LogP contribution in [0.4, 0.5) is 0 Å². The van der Waals surface area contributed by atoms with Gasteiger partial charge >= 0.3 is 0 Å². The van der Waals surface area contributed by atoms with Crippen LogP contribution in [0.2, 0.25) is 0 Å². The zero-order chi connectivity index (χ0) is 7.66. The van der Waals surface area contributed by atoms with Crippen molar-refractivity contribution in [1.82, 2.24) is 0 Å². The molecule has 0 saturated heterocycles. The van der Waals surface area contributed by atoms with Gasteiger partial charge in [-0.3, -0.25) is 0 Å². The van der Waals surface area contributed by atoms with E-state index in [9.17, 15) is 0 Å². The van der Waals surface area contributed by atoms with Crippen molar-refractivity contribution in [3.63, 3.8) is 0 Å². The summed E-state index contributed by atoms with van der Waals surface area (Å²) in [6.45, 7) is 2.11. The minimum atomic E-state index is 0.976. The SMILES string of the molecule is CC/C=C/CC/C=C\C#N. The first-order valence-electron chi connectivity index (χ1n) is 3.61. The molecule has 0 aromatic rings. The largest absolute Gasteiger partial charge is 0.193 e. The monoisotopic (exact) mass is 135 g/mol. The number of nitrogens with zero attached hydrogens (tertiary/aromatic N) is 1. The maximum Gasteiger partial charge on any atom is 0.0908 e. The number of hydrogen-bond donors (Lipinski definition) is 0. The van der Waals surface area contributed by atoms with Gasteiger partial charge in [-0.2, -0.15) is 5.26 Å². The summed E-state index contributed by atoms with van der Waals surface area (Å²) >= 11 is 0. The van der Waals surface area contributed by atoms with Gasteiger partial charge in [0.2, 0.25) is 0 Å². The summed E-state index contributed by atoms with van der Waals surface area (Å²) < 4.78 is 0. The van der Waals surface area contributed by atoms with Crippen LogP contribution >= 0.6 is 0 Å². The van der Waals surface area contributed by atoms with Gasteiger partial charge < -0.3 is 0 Å². The molecule has 0 fully saturated rings. The molecule has 0 aliphatic heterocycles. The van der Waals surface area contributed by atoms with E-state index >= 15 is 0 Å². The molecule has 0 aliphatic carbocycles. The van der Waals surface area contributed by atoms with E-state index in [0.29, 0.717) is 0 Å². The van der Waals surface area contributed by atoms with Gasteiger partial charge in [-0.25, -0.2) is 0 Å². The Labute approximate surface area is 62.7 Å². The lowest BCUT2D eigenvalue weighted by atomic mass is 10.2. The Morgan fingerprint density at radius 1 is 1.20 bits per heavy atom. The van der Waals surface area contributed by atoms with Crippen molar-refractivity contribution in [2.75, 3.05) is 0 Å². The highest BCUT2D eigenvalue weighted by molar-refractivity contribution is 5.02. The zero-order valence-electron chi connectivity index (χ0n) is 6.38. The Bertz CT molecular complexity index is 149. The third-order valence-corrected chi connectivity index (χ3v) is 1.09. The van der Waals surface area contributed by atoms with Crippen LogP contribution in [0.1, 0.15) is 26.2 Å². The number of rotatable bonds is 4. The average Bonchev–Trinajstić information content (AvgIpc) is 1.97. The number of nitriles is 1. The summed E-state index contributed by atoms with van der Waals surface area (Å²) in [4.78, 5) is 0. The van der Waals surface area contributed by atoms with E-state index in [1.807, 2.05) is 12.1 Å². The van der Waals surface area contributed by atoms with Crippen LogP contribution in [0.15, 0.2) is 24.3 Å². The topological polar surface area (TPSA) is 23.8 Å². The average molecular weight is 135 g/mol. The van der Waals surface area contributed by atoms with E-state index < -0.39 is 0 Å². The maximum absolute atomic E-state index is 8.11. The van der Waals surface area contributed by atoms with Crippen molar-refractivity contribution in [3.05, 3.63) is 24.3 Å². The van der Waals surface area contributed by atoms with Gasteiger partial charge in [-0.15, -0.1) is 0 Å². The quantitative estimate of drug-likeness (QED) is 0.330. The van der Waals surface area contributed by atoms with Crippen molar-refractivity contribution in [1.29, 1.82) is 5.26 Å². The molecule has 0 N–H and O–H groups in total. The second-order valence-electron chi connectivity index (χ2n) is 1.99. The highest BCUT2D eigenvalue weighted by atomic mass is 14.2. The standard InChI is InChI=1S/C9H13N/c1-2-3-4-5-6-7-8-9-10/h3-4,7-8H,2,5-6H2,1H3/b4-3+,8-7-. The highest BCUT2D eigenvalue weighted by Gasteiger charge is 1.73. The molecule has 0 aliphatic rings. The van der Waals surface area contributed by atoms with E-state index in [1.165, 1.54) is 6.08 Å². The van der Waals surface area contributed by atoms with Crippen LogP contribution in [0.25, 0.3) is 0 Å². The van der Waals surface area contributed by atoms with Crippen LogP contribution in [-0.4, -0.2) is 0 Å². The molecule has 54 valence electrons. The van der Waals surface area contributed by atoms with Gasteiger partial charge in [0.05, 0.1) is 6.07 Å². The molecule has 0 rings (SSSR count). The maximum atomic E-state index is 8.11. The molecule has 0 radical (unpaired) electrons. The minimum absolute atomic E-state index is 0.976. The normalized spacial score (nSPS) is 10.8. The minimum Gasteiger partial charge on any atom is -0.193 e. The summed E-state index contributed by atoms with van der Waals surface area (Å²) in [5.41, 5.74) is 0. The van der Waals surface area contributed by atoms with Crippen LogP contribution < -0.4 is 0 Å². The molecule has 0 spiro atoms. The Morgan fingerprint density at radius 2 is 1.90 bits per heavy atom. The molecular formula is C9H13N. The fourth-order valence-electron chi connectivity index (χ4n) is 0.613. The molecule has 0 unspecified atom stereocenters. The zero-order valence-corrected chi connectivity index (χ0v) is 6.38. The van der Waals surface area contributed by atoms with Crippen molar-refractivity contribution >= 4 is 0 Å². The van der Waals surface area contributed by atoms with Crippen molar-refractivity contribution in [3.8, 4) is 6.07 Å². The molecule has 0 amide bonds. The first-order valence-corrected chi connectivity index (χ1v) is 3.61. The van der Waals surface area contributed by atoms with E-state index in [-0.39, 0.29) is 0 Å². The van der Waals surface area contributed by atoms with Gasteiger partial charge in [0.25, 0.3) is 0 Å². The van der Waals surface area contributed by atoms with Crippen LogP contribution in [-0.2, 0) is 0 Å². The van der Waals surface area contributed by atoms with Gasteiger partial charge in [0.1, 0.15) is 0 Å². The van der Waals surface area contributed by atoms with Gasteiger partial charge in [0.15, 0.2) is 0 Å². The summed E-state index contributed by atoms with van der Waals surface area (Å²) in [7, 11) is 0. The molecular weight excluding hydrogens is 122 g/mol. The predicted molar refractivity (Wildman–Crippen MR) is 43.4 cm³/mol. The number of unbranched alkanes of at least 4 members (excludes halogenated alkanes) is 1. The molecule has 0 heterocycles. The Morgan fingerprint density at radius 3 is 2.50 bits per heavy atom. The smallest absolute Gasteiger partial charge is 0.0908 e. The summed E-state index contributed by atoms with van der Waals surface area (Å²) in [5, 5.41) is 8.11. The Balaban J connectivity index is 3.14. The highest BCUT2D eigenvalue weighted by Crippen LogP contribution is 1.93. The van der Waals surface area contributed by atoms with Gasteiger partial charge in [-0.1, -0.05) is 25.2 Å². The van der Waals surface area contributed by atoms with Crippen LogP contribution in [0, 0.1) is 11.3 Å². The molecule has 1 nitrogen and oxygen atoms in total. The van der Waals surface area contributed by atoms with E-state index in [0.717, 1.165) is 19.3 Å². The fourth-order valence-corrected chi connectivity index (χ4v) is 0.613. The van der Waals surface area contributed by atoms with Crippen molar-refractivity contribution in [2.24, 2.45) is 0 Å². The Kier molecular flexibility index (Phi) is 7.15. The summed E-state index contributed by atoms with van der Waals surface area (Å²) in [6, 6.07) is 1.95. The van der Waals surface area contributed by atoms with Gasteiger partial charge in [0, 0.05) is 6.08 Å². The molecule has 0 saturated carbocycles. The van der Waals surface area contributed by atoms with E-state index in [4.69, 9.17) is 5.26 Å². The molecule has 0 atom stereocenters. The van der Waals surface area contributed by atoms with E-state index in [1.54, 1.807) is 0 Å². The summed E-state index contributed by atoms with van der Waals surface area (Å²) in [6.07, 6.45) is 10.8. The van der Waals surface area contributed by atoms with Gasteiger partial charge in [-0.05, 0) is 19.3 Å². The molecule has 10 heavy (non-hydrogen) atoms. The van der Waals surface area contributed by atoms with Crippen molar-refractivity contribution < 1.29 is 0 Å². The number of allylic oxidation sites excluding steroid dienone is 4. The second kappa shape index (κ2) is 7.97. The third kappa shape index (κ3) is 6.97. The molecule has 0 bridgehead atoms. The number of hydrogen-bond acceptors (Lipinski definition) is 1. The molecule has 0 aromatic carbocycles. The first kappa shape index (κ1) is 8.97. The van der Waals surface area contributed by atoms with Crippen LogP contribution in [0.3, 0.4) is 0 Å². The van der Waals surface area contributed by atoms with E-state index in [2.05, 4.69) is 19.1 Å². The first-order chi connectivity index (χ1) is 4.91. The lowest BCUT2D eigenvalue weighted by Crippen LogP contribution is -1.63. The molecule has 0 aromatic heterocycles. The second-order valence-corrected chi connectivity index (χ2v) is 1.99. The predicted octanol–water partition coefficient (Wildman–Crippen LogP) is 2.81. The lowest BCUT2D eigenvalue weighted by Gasteiger charge is -1.82. The lowest BCUT2D eigenvalue weighted by molar-refractivity contribution is 1.04. The van der Waals surface area contributed by atoms with Crippen molar-refractivity contribution in [2.45, 2.75) is 26.2 Å². The summed E-state index contributed by atoms with van der Waals surface area (Å²) in [5.74, 6) is 0. The third-order valence-electron chi connectivity index (χ3n) is 1.09. The Hall–Kier alpha value is -1.03. The van der Waals surface area contributed by atoms with Crippen LogP contribution in [0.5, 0.6) is 0 Å². The fraction of sp³-hybridized carbons (Fsp3) is 0.444. The molecule has 1 heteroatoms.